The summed E-state index contributed by atoms with van der Waals surface area (Å²) in [4.78, 5) is 2.25. The van der Waals surface area contributed by atoms with Crippen LogP contribution in [0.5, 0.6) is 23.0 Å². The predicted octanol–water partition coefficient (Wildman–Crippen LogP) is 12.3. The second-order valence-corrected chi connectivity index (χ2v) is 11.7. The number of furan rings is 1. The fraction of sp³-hybridized carbons (Fsp3) is 0. The molecule has 7 aromatic carbocycles. The topological polar surface area (TPSA) is 34.8 Å². The summed E-state index contributed by atoms with van der Waals surface area (Å²) in [6.07, 6.45) is 0. The highest BCUT2D eigenvalue weighted by atomic mass is 16.5. The Balaban J connectivity index is 1.05. The molecule has 3 heterocycles. The predicted molar refractivity (Wildman–Crippen MR) is 185 cm³/mol. The van der Waals surface area contributed by atoms with Crippen molar-refractivity contribution >= 4 is 39.0 Å². The van der Waals surface area contributed by atoms with Gasteiger partial charge in [-0.05, 0) is 70.3 Å². The first-order valence-corrected chi connectivity index (χ1v) is 15.4. The number of hydrogen-bond acceptors (Lipinski definition) is 4. The number of hydrogen-bond donors (Lipinski definition) is 0. The third kappa shape index (κ3) is 3.67. The number of benzene rings is 7. The van der Waals surface area contributed by atoms with Crippen LogP contribution in [0.2, 0.25) is 0 Å². The van der Waals surface area contributed by atoms with E-state index in [0.29, 0.717) is 0 Å². The zero-order valence-electron chi connectivity index (χ0n) is 24.6. The van der Waals surface area contributed by atoms with Gasteiger partial charge in [-0.25, -0.2) is 0 Å². The summed E-state index contributed by atoms with van der Waals surface area (Å²) in [5.74, 6) is 3.20. The molecule has 0 radical (unpaired) electrons. The average Bonchev–Trinajstić information content (AvgIpc) is 3.50. The number of rotatable bonds is 3. The largest absolute Gasteiger partial charge is 0.455 e. The van der Waals surface area contributed by atoms with Gasteiger partial charge in [-0.3, -0.25) is 4.90 Å². The Morgan fingerprint density at radius 1 is 0.391 bits per heavy atom. The van der Waals surface area contributed by atoms with E-state index < -0.39 is 0 Å². The summed E-state index contributed by atoms with van der Waals surface area (Å²) < 4.78 is 19.1. The van der Waals surface area contributed by atoms with Crippen LogP contribution in [0.15, 0.2) is 156 Å². The normalized spacial score (nSPS) is 12.7. The molecule has 0 amide bonds. The minimum absolute atomic E-state index is 0.778. The highest BCUT2D eigenvalue weighted by Gasteiger charge is 2.34. The molecule has 216 valence electrons. The van der Waals surface area contributed by atoms with E-state index in [0.717, 1.165) is 95.4 Å². The van der Waals surface area contributed by atoms with Crippen molar-refractivity contribution in [3.05, 3.63) is 152 Å². The van der Waals surface area contributed by atoms with E-state index in [1.54, 1.807) is 0 Å². The molecule has 4 heteroatoms. The average molecular weight is 592 g/mol. The molecular weight excluding hydrogens is 566 g/mol. The highest BCUT2D eigenvalue weighted by molar-refractivity contribution is 6.09. The number of fused-ring (bicyclic) bond motifs is 7. The van der Waals surface area contributed by atoms with Crippen LogP contribution in [-0.2, 0) is 0 Å². The van der Waals surface area contributed by atoms with Gasteiger partial charge in [0, 0.05) is 16.3 Å². The first-order chi connectivity index (χ1) is 22.8. The van der Waals surface area contributed by atoms with Gasteiger partial charge in [0.25, 0.3) is 0 Å². The van der Waals surface area contributed by atoms with Gasteiger partial charge < -0.3 is 13.9 Å². The fourth-order valence-corrected chi connectivity index (χ4v) is 6.96. The standard InChI is InChI=1S/C42H25NO3/c1-2-10-30(28-23-24-35-40(25-28)45-39-18-8-17-38-41(39)43(35)34-14-4-6-16-37(34)44-38)29(9-1)26-19-21-27(22-20-26)31-12-7-13-33-32-11-3-5-15-36(32)46-42(31)33/h1-25H. The van der Waals surface area contributed by atoms with Crippen LogP contribution >= 0.6 is 0 Å². The van der Waals surface area contributed by atoms with E-state index in [1.807, 2.05) is 48.5 Å². The van der Waals surface area contributed by atoms with Crippen LogP contribution < -0.4 is 14.4 Å². The number of ether oxygens (including phenoxy) is 2. The summed E-state index contributed by atoms with van der Waals surface area (Å²) in [5, 5.41) is 2.28. The SMILES string of the molecule is c1ccc2c(c1)Oc1cccc3c1N2c1ccc(-c2ccccc2-c2ccc(-c4cccc5c4oc4ccccc45)cc2)cc1O3. The molecule has 0 N–H and O–H groups in total. The Labute approximate surface area is 265 Å². The smallest absolute Gasteiger partial charge is 0.155 e. The summed E-state index contributed by atoms with van der Waals surface area (Å²) in [5.41, 5.74) is 11.5. The molecule has 2 aliphatic rings. The molecule has 0 saturated carbocycles. The minimum Gasteiger partial charge on any atom is -0.455 e. The number of para-hydroxylation sites is 5. The van der Waals surface area contributed by atoms with Gasteiger partial charge in [0.1, 0.15) is 16.9 Å². The summed E-state index contributed by atoms with van der Waals surface area (Å²) in [7, 11) is 0. The van der Waals surface area contributed by atoms with Gasteiger partial charge in [0.05, 0.1) is 11.4 Å². The lowest BCUT2D eigenvalue weighted by atomic mass is 9.92. The maximum atomic E-state index is 6.54. The Bertz CT molecular complexity index is 2490. The van der Waals surface area contributed by atoms with Crippen LogP contribution in [0.1, 0.15) is 0 Å². The van der Waals surface area contributed by atoms with Gasteiger partial charge in [0.15, 0.2) is 23.0 Å². The monoisotopic (exact) mass is 591 g/mol. The maximum absolute atomic E-state index is 6.54. The van der Waals surface area contributed by atoms with Crippen LogP contribution in [0.25, 0.3) is 55.3 Å². The molecular formula is C42H25NO3. The lowest BCUT2D eigenvalue weighted by molar-refractivity contribution is 0.446. The molecule has 1 aromatic heterocycles. The van der Waals surface area contributed by atoms with Gasteiger partial charge in [0.2, 0.25) is 0 Å². The van der Waals surface area contributed by atoms with Crippen LogP contribution in [0.3, 0.4) is 0 Å². The minimum atomic E-state index is 0.778. The number of anilines is 3. The molecule has 0 bridgehead atoms. The van der Waals surface area contributed by atoms with Gasteiger partial charge in [-0.1, -0.05) is 109 Å². The Hall–Kier alpha value is -6.26. The van der Waals surface area contributed by atoms with E-state index in [1.165, 1.54) is 0 Å². The maximum Gasteiger partial charge on any atom is 0.155 e. The van der Waals surface area contributed by atoms with Crippen molar-refractivity contribution in [2.45, 2.75) is 0 Å². The summed E-state index contributed by atoms with van der Waals surface area (Å²) >= 11 is 0. The van der Waals surface area contributed by atoms with Crippen LogP contribution in [-0.4, -0.2) is 0 Å². The van der Waals surface area contributed by atoms with Gasteiger partial charge >= 0.3 is 0 Å². The molecule has 0 atom stereocenters. The number of nitrogens with zero attached hydrogens (tertiary/aromatic N) is 1. The molecule has 0 spiro atoms. The third-order valence-electron chi connectivity index (χ3n) is 9.08. The van der Waals surface area contributed by atoms with Crippen molar-refractivity contribution in [2.75, 3.05) is 4.90 Å². The van der Waals surface area contributed by atoms with E-state index in [-0.39, 0.29) is 0 Å². The van der Waals surface area contributed by atoms with Gasteiger partial charge in [-0.2, -0.15) is 0 Å². The second kappa shape index (κ2) is 9.62. The van der Waals surface area contributed by atoms with Crippen molar-refractivity contribution < 1.29 is 13.9 Å². The zero-order valence-corrected chi connectivity index (χ0v) is 24.6. The Morgan fingerprint density at radius 2 is 0.957 bits per heavy atom. The van der Waals surface area contributed by atoms with Crippen molar-refractivity contribution in [1.29, 1.82) is 0 Å². The van der Waals surface area contributed by atoms with Crippen molar-refractivity contribution in [1.82, 2.24) is 0 Å². The molecule has 0 saturated heterocycles. The Morgan fingerprint density at radius 3 is 1.80 bits per heavy atom. The van der Waals surface area contributed by atoms with Crippen LogP contribution in [0, 0.1) is 0 Å². The van der Waals surface area contributed by atoms with E-state index >= 15 is 0 Å². The molecule has 2 aliphatic heterocycles. The molecule has 8 aromatic rings. The lowest BCUT2D eigenvalue weighted by Crippen LogP contribution is -2.20. The molecule has 0 aliphatic carbocycles. The van der Waals surface area contributed by atoms with Crippen molar-refractivity contribution in [2.24, 2.45) is 0 Å². The molecule has 0 unspecified atom stereocenters. The van der Waals surface area contributed by atoms with Gasteiger partial charge in [-0.15, -0.1) is 0 Å². The fourth-order valence-electron chi connectivity index (χ4n) is 6.96. The zero-order chi connectivity index (χ0) is 30.2. The molecule has 4 nitrogen and oxygen atoms in total. The van der Waals surface area contributed by atoms with Crippen molar-refractivity contribution in [3.8, 4) is 56.4 Å². The van der Waals surface area contributed by atoms with E-state index in [9.17, 15) is 0 Å². The van der Waals surface area contributed by atoms with Crippen molar-refractivity contribution in [3.63, 3.8) is 0 Å². The van der Waals surface area contributed by atoms with E-state index in [2.05, 4.69) is 108 Å². The highest BCUT2D eigenvalue weighted by Crippen LogP contribution is 2.59. The van der Waals surface area contributed by atoms with Crippen LogP contribution in [0.4, 0.5) is 17.1 Å². The Kier molecular flexibility index (Phi) is 5.25. The molecule has 46 heavy (non-hydrogen) atoms. The summed E-state index contributed by atoms with van der Waals surface area (Å²) in [6, 6.07) is 52.5. The first-order valence-electron chi connectivity index (χ1n) is 15.4. The van der Waals surface area contributed by atoms with E-state index in [4.69, 9.17) is 13.9 Å². The second-order valence-electron chi connectivity index (χ2n) is 11.7. The third-order valence-corrected chi connectivity index (χ3v) is 9.08. The molecule has 0 fully saturated rings. The lowest BCUT2D eigenvalue weighted by Gasteiger charge is -2.37. The summed E-state index contributed by atoms with van der Waals surface area (Å²) in [6.45, 7) is 0. The first kappa shape index (κ1) is 25.1. The quantitative estimate of drug-likeness (QED) is 0.205. The molecule has 10 rings (SSSR count).